The highest BCUT2D eigenvalue weighted by atomic mass is 32.1. The molecule has 94 valence electrons. The molecule has 0 radical (unpaired) electrons. The zero-order valence-electron chi connectivity index (χ0n) is 10.3. The average Bonchev–Trinajstić information content (AvgIpc) is 2.94. The average molecular weight is 251 g/mol. The van der Waals surface area contributed by atoms with E-state index in [9.17, 15) is 0 Å². The summed E-state index contributed by atoms with van der Waals surface area (Å²) < 4.78 is 0. The number of fused-ring (bicyclic) bond motifs is 1. The lowest BCUT2D eigenvalue weighted by atomic mass is 9.92. The van der Waals surface area contributed by atoms with Crippen molar-refractivity contribution in [2.45, 2.75) is 44.6 Å². The maximum Gasteiger partial charge on any atom is 0.180 e. The number of aromatic nitrogens is 1. The maximum absolute atomic E-state index is 5.67. The normalized spacial score (nSPS) is 29.4. The van der Waals surface area contributed by atoms with Crippen molar-refractivity contribution in [2.24, 2.45) is 5.92 Å². The molecule has 2 fully saturated rings. The molecule has 1 aliphatic carbocycles. The van der Waals surface area contributed by atoms with Gasteiger partial charge in [-0.2, -0.15) is 0 Å². The third kappa shape index (κ3) is 2.47. The molecule has 2 unspecified atom stereocenters. The van der Waals surface area contributed by atoms with Gasteiger partial charge < -0.3 is 5.73 Å². The molecule has 2 atom stereocenters. The van der Waals surface area contributed by atoms with E-state index in [0.29, 0.717) is 5.13 Å². The van der Waals surface area contributed by atoms with Gasteiger partial charge in [0.15, 0.2) is 5.13 Å². The monoisotopic (exact) mass is 251 g/mol. The predicted molar refractivity (Wildman–Crippen MR) is 72.2 cm³/mol. The Kier molecular flexibility index (Phi) is 3.34. The zero-order valence-corrected chi connectivity index (χ0v) is 11.1. The second-order valence-corrected chi connectivity index (χ2v) is 6.25. The topological polar surface area (TPSA) is 42.1 Å². The van der Waals surface area contributed by atoms with Crippen molar-refractivity contribution in [3.63, 3.8) is 0 Å². The molecule has 2 aliphatic rings. The van der Waals surface area contributed by atoms with Crippen LogP contribution in [0.5, 0.6) is 0 Å². The van der Waals surface area contributed by atoms with E-state index in [1.807, 2.05) is 0 Å². The number of hydrogen-bond acceptors (Lipinski definition) is 4. The van der Waals surface area contributed by atoms with Gasteiger partial charge in [0, 0.05) is 24.4 Å². The Morgan fingerprint density at radius 1 is 1.35 bits per heavy atom. The van der Waals surface area contributed by atoms with E-state index in [4.69, 9.17) is 5.73 Å². The summed E-state index contributed by atoms with van der Waals surface area (Å²) in [7, 11) is 0. The summed E-state index contributed by atoms with van der Waals surface area (Å²) in [5, 5.41) is 2.81. The highest BCUT2D eigenvalue weighted by Gasteiger charge is 2.34. The van der Waals surface area contributed by atoms with Crippen LogP contribution in [0, 0.1) is 5.92 Å². The van der Waals surface area contributed by atoms with E-state index in [0.717, 1.165) is 18.4 Å². The standard InChI is InChI=1S/C13H21N3S/c14-13-15-11(9-17-13)6-8-16-7-2-4-10-3-1-5-12(10)16/h9-10,12H,1-8H2,(H2,14,15). The van der Waals surface area contributed by atoms with Gasteiger partial charge in [0.2, 0.25) is 0 Å². The second kappa shape index (κ2) is 4.94. The summed E-state index contributed by atoms with van der Waals surface area (Å²) in [4.78, 5) is 7.06. The van der Waals surface area contributed by atoms with Crippen LogP contribution in [0.15, 0.2) is 5.38 Å². The second-order valence-electron chi connectivity index (χ2n) is 5.36. The molecule has 2 heterocycles. The van der Waals surface area contributed by atoms with E-state index in [1.54, 1.807) is 11.3 Å². The van der Waals surface area contributed by atoms with Crippen molar-refractivity contribution in [3.8, 4) is 0 Å². The van der Waals surface area contributed by atoms with Gasteiger partial charge in [-0.25, -0.2) is 4.98 Å². The lowest BCUT2D eigenvalue weighted by Crippen LogP contribution is -2.43. The van der Waals surface area contributed by atoms with Crippen LogP contribution in [-0.4, -0.2) is 29.0 Å². The van der Waals surface area contributed by atoms with E-state index in [1.165, 1.54) is 50.9 Å². The fraction of sp³-hybridized carbons (Fsp3) is 0.769. The van der Waals surface area contributed by atoms with Crippen LogP contribution in [0.4, 0.5) is 5.13 Å². The molecule has 0 amide bonds. The first-order valence-electron chi connectivity index (χ1n) is 6.77. The van der Waals surface area contributed by atoms with Crippen LogP contribution >= 0.6 is 11.3 Å². The van der Waals surface area contributed by atoms with Gasteiger partial charge >= 0.3 is 0 Å². The molecule has 0 bridgehead atoms. The SMILES string of the molecule is Nc1nc(CCN2CCCC3CCCC32)cs1. The predicted octanol–water partition coefficient (Wildman–Crippen LogP) is 2.53. The van der Waals surface area contributed by atoms with Crippen LogP contribution in [-0.2, 0) is 6.42 Å². The highest BCUT2D eigenvalue weighted by Crippen LogP contribution is 2.36. The van der Waals surface area contributed by atoms with Gasteiger partial charge in [0.1, 0.15) is 0 Å². The molecule has 1 aromatic rings. The zero-order chi connectivity index (χ0) is 11.7. The number of likely N-dealkylation sites (tertiary alicyclic amines) is 1. The number of piperidine rings is 1. The van der Waals surface area contributed by atoms with Crippen molar-refractivity contribution in [1.82, 2.24) is 9.88 Å². The summed E-state index contributed by atoms with van der Waals surface area (Å²) in [6, 6.07) is 0.875. The molecule has 0 spiro atoms. The summed E-state index contributed by atoms with van der Waals surface area (Å²) in [5.41, 5.74) is 6.84. The van der Waals surface area contributed by atoms with Crippen molar-refractivity contribution in [1.29, 1.82) is 0 Å². The number of nitrogens with zero attached hydrogens (tertiary/aromatic N) is 2. The molecule has 3 rings (SSSR count). The summed E-state index contributed by atoms with van der Waals surface area (Å²) in [5.74, 6) is 0.990. The van der Waals surface area contributed by atoms with Gasteiger partial charge in [-0.1, -0.05) is 6.42 Å². The lowest BCUT2D eigenvalue weighted by Gasteiger charge is -2.37. The molecule has 1 aromatic heterocycles. The molecule has 17 heavy (non-hydrogen) atoms. The van der Waals surface area contributed by atoms with Crippen molar-refractivity contribution in [2.75, 3.05) is 18.8 Å². The fourth-order valence-electron chi connectivity index (χ4n) is 3.53. The number of rotatable bonds is 3. The highest BCUT2D eigenvalue weighted by molar-refractivity contribution is 7.13. The minimum Gasteiger partial charge on any atom is -0.375 e. The largest absolute Gasteiger partial charge is 0.375 e. The van der Waals surface area contributed by atoms with Crippen molar-refractivity contribution < 1.29 is 0 Å². The van der Waals surface area contributed by atoms with Crippen molar-refractivity contribution >= 4 is 16.5 Å². The van der Waals surface area contributed by atoms with Gasteiger partial charge in [0.25, 0.3) is 0 Å². The van der Waals surface area contributed by atoms with Crippen LogP contribution in [0.25, 0.3) is 0 Å². The molecule has 1 saturated carbocycles. The Balaban J connectivity index is 1.57. The Labute approximate surface area is 107 Å². The molecule has 2 N–H and O–H groups in total. The molecule has 3 nitrogen and oxygen atoms in total. The van der Waals surface area contributed by atoms with E-state index >= 15 is 0 Å². The smallest absolute Gasteiger partial charge is 0.180 e. The molecule has 1 aliphatic heterocycles. The third-order valence-electron chi connectivity index (χ3n) is 4.33. The number of thiazole rings is 1. The first-order valence-corrected chi connectivity index (χ1v) is 7.65. The van der Waals surface area contributed by atoms with E-state index < -0.39 is 0 Å². The summed E-state index contributed by atoms with van der Waals surface area (Å²) in [6.07, 6.45) is 8.24. The summed E-state index contributed by atoms with van der Waals surface area (Å²) in [6.45, 7) is 2.46. The van der Waals surface area contributed by atoms with Gasteiger partial charge in [0.05, 0.1) is 5.69 Å². The first kappa shape index (κ1) is 11.5. The number of hydrogen-bond donors (Lipinski definition) is 1. The van der Waals surface area contributed by atoms with E-state index in [2.05, 4.69) is 15.3 Å². The Morgan fingerprint density at radius 3 is 3.06 bits per heavy atom. The third-order valence-corrected chi connectivity index (χ3v) is 5.06. The van der Waals surface area contributed by atoms with E-state index in [-0.39, 0.29) is 0 Å². The van der Waals surface area contributed by atoms with Crippen LogP contribution in [0.2, 0.25) is 0 Å². The maximum atomic E-state index is 5.67. The van der Waals surface area contributed by atoms with Gasteiger partial charge in [-0.3, -0.25) is 4.90 Å². The molecular formula is C13H21N3S. The number of nitrogens with two attached hydrogens (primary N) is 1. The first-order chi connectivity index (χ1) is 8.33. The van der Waals surface area contributed by atoms with Gasteiger partial charge in [-0.05, 0) is 38.1 Å². The molecule has 4 heteroatoms. The molecule has 1 saturated heterocycles. The van der Waals surface area contributed by atoms with Crippen LogP contribution < -0.4 is 5.73 Å². The molecule has 0 aromatic carbocycles. The number of anilines is 1. The summed E-state index contributed by atoms with van der Waals surface area (Å²) >= 11 is 1.56. The Morgan fingerprint density at radius 2 is 2.24 bits per heavy atom. The Bertz CT molecular complexity index is 376. The van der Waals surface area contributed by atoms with Crippen LogP contribution in [0.3, 0.4) is 0 Å². The molecular weight excluding hydrogens is 230 g/mol. The van der Waals surface area contributed by atoms with Gasteiger partial charge in [-0.15, -0.1) is 11.3 Å². The minimum absolute atomic E-state index is 0.706. The number of nitrogen functional groups attached to an aromatic ring is 1. The van der Waals surface area contributed by atoms with Crippen LogP contribution in [0.1, 0.15) is 37.8 Å². The Hall–Kier alpha value is -0.610. The van der Waals surface area contributed by atoms with Crippen molar-refractivity contribution in [3.05, 3.63) is 11.1 Å². The minimum atomic E-state index is 0.706. The fourth-order valence-corrected chi connectivity index (χ4v) is 4.13. The quantitative estimate of drug-likeness (QED) is 0.897. The lowest BCUT2D eigenvalue weighted by molar-refractivity contribution is 0.114.